The highest BCUT2D eigenvalue weighted by molar-refractivity contribution is 5.77. The molecule has 1 aliphatic rings. The number of fused-ring (bicyclic) bond motifs is 1. The molecular weight excluding hydrogens is 186 g/mol. The van der Waals surface area contributed by atoms with Gasteiger partial charge < -0.3 is 10.3 Å². The van der Waals surface area contributed by atoms with Gasteiger partial charge in [0.2, 0.25) is 5.95 Å². The van der Waals surface area contributed by atoms with E-state index >= 15 is 0 Å². The molecule has 1 heterocycles. The van der Waals surface area contributed by atoms with Crippen LogP contribution in [0.1, 0.15) is 19.8 Å². The van der Waals surface area contributed by atoms with E-state index in [1.165, 1.54) is 12.8 Å². The Bertz CT molecular complexity index is 449. The summed E-state index contributed by atoms with van der Waals surface area (Å²) in [6.07, 6.45) is 2.67. The van der Waals surface area contributed by atoms with Crippen LogP contribution in [0, 0.1) is 5.41 Å². The van der Waals surface area contributed by atoms with E-state index in [9.17, 15) is 0 Å². The lowest BCUT2D eigenvalue weighted by Crippen LogP contribution is -2.12. The molecule has 0 spiro atoms. The second kappa shape index (κ2) is 2.99. The molecular formula is C12H15N3. The molecule has 2 N–H and O–H groups in total. The van der Waals surface area contributed by atoms with E-state index in [-0.39, 0.29) is 0 Å². The Balaban J connectivity index is 1.79. The van der Waals surface area contributed by atoms with Crippen molar-refractivity contribution in [3.05, 3.63) is 24.3 Å². The molecule has 0 radical (unpaired) electrons. The number of aromatic amines is 1. The zero-order valence-corrected chi connectivity index (χ0v) is 8.88. The fourth-order valence-corrected chi connectivity index (χ4v) is 1.72. The number of hydrogen-bond acceptors (Lipinski definition) is 2. The number of benzene rings is 1. The van der Waals surface area contributed by atoms with Gasteiger partial charge in [0, 0.05) is 6.54 Å². The smallest absolute Gasteiger partial charge is 0.201 e. The van der Waals surface area contributed by atoms with Crippen molar-refractivity contribution in [2.45, 2.75) is 19.8 Å². The number of aromatic nitrogens is 2. The topological polar surface area (TPSA) is 40.7 Å². The minimum atomic E-state index is 0.513. The zero-order chi connectivity index (χ0) is 10.3. The van der Waals surface area contributed by atoms with Gasteiger partial charge in [0.25, 0.3) is 0 Å². The number of rotatable bonds is 3. The van der Waals surface area contributed by atoms with Gasteiger partial charge in [0.15, 0.2) is 0 Å². The van der Waals surface area contributed by atoms with Crippen LogP contribution in [0.2, 0.25) is 0 Å². The molecule has 1 aromatic heterocycles. The SMILES string of the molecule is CC1(CNc2nc3ccccc3[nH]2)CC1. The zero-order valence-electron chi connectivity index (χ0n) is 8.88. The number of H-pyrrole nitrogens is 1. The largest absolute Gasteiger partial charge is 0.355 e. The molecule has 0 bridgehead atoms. The average Bonchev–Trinajstić information content (AvgIpc) is 2.83. The van der Waals surface area contributed by atoms with Gasteiger partial charge >= 0.3 is 0 Å². The third-order valence-electron chi connectivity index (χ3n) is 3.18. The van der Waals surface area contributed by atoms with E-state index in [1.54, 1.807) is 0 Å². The summed E-state index contributed by atoms with van der Waals surface area (Å²) >= 11 is 0. The molecule has 3 nitrogen and oxygen atoms in total. The highest BCUT2D eigenvalue weighted by atomic mass is 15.1. The Morgan fingerprint density at radius 3 is 2.93 bits per heavy atom. The lowest BCUT2D eigenvalue weighted by Gasteiger charge is -2.07. The molecule has 2 aromatic rings. The second-order valence-electron chi connectivity index (χ2n) is 4.77. The van der Waals surface area contributed by atoms with E-state index < -0.39 is 0 Å². The number of para-hydroxylation sites is 2. The summed E-state index contributed by atoms with van der Waals surface area (Å²) in [6, 6.07) is 8.10. The van der Waals surface area contributed by atoms with E-state index in [4.69, 9.17) is 0 Å². The Kier molecular flexibility index (Phi) is 1.75. The van der Waals surface area contributed by atoms with Gasteiger partial charge in [0.1, 0.15) is 0 Å². The van der Waals surface area contributed by atoms with Crippen molar-refractivity contribution in [1.82, 2.24) is 9.97 Å². The Hall–Kier alpha value is -1.51. The third kappa shape index (κ3) is 1.69. The lowest BCUT2D eigenvalue weighted by atomic mass is 10.1. The van der Waals surface area contributed by atoms with Crippen molar-refractivity contribution < 1.29 is 0 Å². The number of imidazole rings is 1. The van der Waals surface area contributed by atoms with Crippen LogP contribution in [0.4, 0.5) is 5.95 Å². The summed E-state index contributed by atoms with van der Waals surface area (Å²) in [5.41, 5.74) is 2.64. The van der Waals surface area contributed by atoms with Crippen molar-refractivity contribution in [2.24, 2.45) is 5.41 Å². The number of anilines is 1. The monoisotopic (exact) mass is 201 g/mol. The molecule has 1 aromatic carbocycles. The Morgan fingerprint density at radius 2 is 2.20 bits per heavy atom. The van der Waals surface area contributed by atoms with E-state index in [1.807, 2.05) is 24.3 Å². The molecule has 0 unspecified atom stereocenters. The highest BCUT2D eigenvalue weighted by Crippen LogP contribution is 2.44. The van der Waals surface area contributed by atoms with E-state index in [2.05, 4.69) is 22.2 Å². The van der Waals surface area contributed by atoms with Crippen molar-refractivity contribution in [3.8, 4) is 0 Å². The minimum Gasteiger partial charge on any atom is -0.355 e. The first-order valence-electron chi connectivity index (χ1n) is 5.44. The molecule has 0 atom stereocenters. The van der Waals surface area contributed by atoms with Crippen LogP contribution in [0.3, 0.4) is 0 Å². The first-order chi connectivity index (χ1) is 7.25. The van der Waals surface area contributed by atoms with Crippen LogP contribution in [0.5, 0.6) is 0 Å². The van der Waals surface area contributed by atoms with Crippen molar-refractivity contribution in [2.75, 3.05) is 11.9 Å². The molecule has 3 rings (SSSR count). The maximum absolute atomic E-state index is 4.48. The molecule has 1 aliphatic carbocycles. The van der Waals surface area contributed by atoms with Crippen LogP contribution >= 0.6 is 0 Å². The van der Waals surface area contributed by atoms with Crippen LogP contribution in [-0.4, -0.2) is 16.5 Å². The van der Waals surface area contributed by atoms with E-state index in [0.717, 1.165) is 23.5 Å². The van der Waals surface area contributed by atoms with Gasteiger partial charge in [-0.3, -0.25) is 0 Å². The summed E-state index contributed by atoms with van der Waals surface area (Å²) in [4.78, 5) is 7.75. The summed E-state index contributed by atoms with van der Waals surface area (Å²) in [7, 11) is 0. The fraction of sp³-hybridized carbons (Fsp3) is 0.417. The summed E-state index contributed by atoms with van der Waals surface area (Å²) < 4.78 is 0. The molecule has 0 aliphatic heterocycles. The molecule has 0 saturated heterocycles. The Morgan fingerprint density at radius 1 is 1.40 bits per heavy atom. The van der Waals surface area contributed by atoms with E-state index in [0.29, 0.717) is 5.41 Å². The molecule has 0 amide bonds. The van der Waals surface area contributed by atoms with Crippen LogP contribution < -0.4 is 5.32 Å². The van der Waals surface area contributed by atoms with Gasteiger partial charge in [-0.25, -0.2) is 4.98 Å². The summed E-state index contributed by atoms with van der Waals surface area (Å²) in [6.45, 7) is 3.33. The second-order valence-corrected chi connectivity index (χ2v) is 4.77. The van der Waals surface area contributed by atoms with Crippen molar-refractivity contribution in [1.29, 1.82) is 0 Å². The quantitative estimate of drug-likeness (QED) is 0.801. The molecule has 1 saturated carbocycles. The predicted octanol–water partition coefficient (Wildman–Crippen LogP) is 2.77. The number of nitrogens with zero attached hydrogens (tertiary/aromatic N) is 1. The van der Waals surface area contributed by atoms with Gasteiger partial charge in [0.05, 0.1) is 11.0 Å². The van der Waals surface area contributed by atoms with Crippen LogP contribution in [0.25, 0.3) is 11.0 Å². The molecule has 3 heteroatoms. The minimum absolute atomic E-state index is 0.513. The van der Waals surface area contributed by atoms with Gasteiger partial charge in [-0.1, -0.05) is 19.1 Å². The summed E-state index contributed by atoms with van der Waals surface area (Å²) in [5.74, 6) is 0.893. The Labute approximate surface area is 88.9 Å². The summed E-state index contributed by atoms with van der Waals surface area (Å²) in [5, 5.41) is 3.37. The maximum Gasteiger partial charge on any atom is 0.201 e. The first kappa shape index (κ1) is 8.77. The van der Waals surface area contributed by atoms with Crippen LogP contribution in [0.15, 0.2) is 24.3 Å². The predicted molar refractivity (Wildman–Crippen MR) is 61.9 cm³/mol. The highest BCUT2D eigenvalue weighted by Gasteiger charge is 2.36. The number of hydrogen-bond donors (Lipinski definition) is 2. The maximum atomic E-state index is 4.48. The lowest BCUT2D eigenvalue weighted by molar-refractivity contribution is 0.608. The number of nitrogens with one attached hydrogen (secondary N) is 2. The average molecular weight is 201 g/mol. The van der Waals surface area contributed by atoms with Gasteiger partial charge in [-0.2, -0.15) is 0 Å². The first-order valence-corrected chi connectivity index (χ1v) is 5.44. The molecule has 78 valence electrons. The van der Waals surface area contributed by atoms with Crippen molar-refractivity contribution in [3.63, 3.8) is 0 Å². The normalized spacial score (nSPS) is 17.9. The fourth-order valence-electron chi connectivity index (χ4n) is 1.72. The van der Waals surface area contributed by atoms with Gasteiger partial charge in [-0.15, -0.1) is 0 Å². The molecule has 15 heavy (non-hydrogen) atoms. The standard InChI is InChI=1S/C12H15N3/c1-12(6-7-12)8-13-11-14-9-4-2-3-5-10(9)15-11/h2-5H,6-8H2,1H3,(H2,13,14,15). The van der Waals surface area contributed by atoms with Crippen molar-refractivity contribution >= 4 is 17.0 Å². The van der Waals surface area contributed by atoms with Gasteiger partial charge in [-0.05, 0) is 30.4 Å². The third-order valence-corrected chi connectivity index (χ3v) is 3.18. The van der Waals surface area contributed by atoms with Crippen LogP contribution in [-0.2, 0) is 0 Å². The molecule has 1 fully saturated rings.